The van der Waals surface area contributed by atoms with Gasteiger partial charge in [0.15, 0.2) is 0 Å². The summed E-state index contributed by atoms with van der Waals surface area (Å²) < 4.78 is 40.1. The quantitative estimate of drug-likeness (QED) is 0.407. The summed E-state index contributed by atoms with van der Waals surface area (Å²) in [7, 11) is -2.51. The largest absolute Gasteiger partial charge is 0.497 e. The molecule has 1 aliphatic rings. The Balaban J connectivity index is 1.64. The fourth-order valence-electron chi connectivity index (χ4n) is 4.70. The molecule has 1 N–H and O–H groups in total. The second-order valence-corrected chi connectivity index (χ2v) is 11.2. The van der Waals surface area contributed by atoms with E-state index in [1.54, 1.807) is 24.3 Å². The van der Waals surface area contributed by atoms with Crippen molar-refractivity contribution in [3.8, 4) is 11.5 Å². The van der Waals surface area contributed by atoms with Gasteiger partial charge in [-0.15, -0.1) is 0 Å². The zero-order chi connectivity index (χ0) is 26.6. The fourth-order valence-corrected chi connectivity index (χ4v) is 6.12. The molecule has 3 aromatic rings. The Kier molecular flexibility index (Phi) is 7.78. The summed E-state index contributed by atoms with van der Waals surface area (Å²) in [6, 6.07) is 20.6. The van der Waals surface area contributed by atoms with Crippen LogP contribution in [0.2, 0.25) is 0 Å². The Morgan fingerprint density at radius 1 is 1.03 bits per heavy atom. The molecular weight excluding hydrogens is 488 g/mol. The number of sulfonamides is 1. The number of amides is 1. The highest BCUT2D eigenvalue weighted by atomic mass is 32.2. The van der Waals surface area contributed by atoms with Crippen LogP contribution < -0.4 is 19.1 Å². The van der Waals surface area contributed by atoms with Crippen LogP contribution >= 0.6 is 0 Å². The number of nitrogens with one attached hydrogen (secondary N) is 1. The van der Waals surface area contributed by atoms with Gasteiger partial charge in [-0.05, 0) is 62.2 Å². The number of methoxy groups -OCH3 is 1. The summed E-state index contributed by atoms with van der Waals surface area (Å²) in [6.45, 7) is 5.73. The second-order valence-electron chi connectivity index (χ2n) is 9.38. The van der Waals surface area contributed by atoms with Crippen molar-refractivity contribution in [2.24, 2.45) is 0 Å². The maximum atomic E-state index is 13.7. The van der Waals surface area contributed by atoms with Crippen molar-refractivity contribution < 1.29 is 22.7 Å². The van der Waals surface area contributed by atoms with Gasteiger partial charge in [0.25, 0.3) is 10.0 Å². The van der Waals surface area contributed by atoms with Crippen molar-refractivity contribution in [3.05, 3.63) is 83.9 Å². The first-order chi connectivity index (χ1) is 17.7. The molecule has 0 unspecified atom stereocenters. The molecule has 0 bridgehead atoms. The first-order valence-electron chi connectivity index (χ1n) is 12.5. The average Bonchev–Trinajstić information content (AvgIpc) is 2.92. The molecule has 8 heteroatoms. The van der Waals surface area contributed by atoms with Crippen LogP contribution in [0.15, 0.2) is 77.7 Å². The topological polar surface area (TPSA) is 84.9 Å². The highest BCUT2D eigenvalue weighted by Gasteiger charge is 2.39. The van der Waals surface area contributed by atoms with E-state index in [0.717, 1.165) is 34.0 Å². The molecule has 4 rings (SSSR count). The van der Waals surface area contributed by atoms with Crippen LogP contribution in [0.25, 0.3) is 0 Å². The maximum absolute atomic E-state index is 13.7. The van der Waals surface area contributed by atoms with Crippen LogP contribution in [0.5, 0.6) is 11.5 Å². The fraction of sp³-hybridized carbons (Fsp3) is 0.345. The summed E-state index contributed by atoms with van der Waals surface area (Å²) in [5, 5.41) is 3.11. The van der Waals surface area contributed by atoms with Gasteiger partial charge in [-0.25, -0.2) is 8.42 Å². The van der Waals surface area contributed by atoms with Crippen molar-refractivity contribution in [1.82, 2.24) is 5.32 Å². The van der Waals surface area contributed by atoms with Gasteiger partial charge in [0.2, 0.25) is 5.91 Å². The molecule has 1 amide bonds. The van der Waals surface area contributed by atoms with Crippen LogP contribution in [0.3, 0.4) is 0 Å². The van der Waals surface area contributed by atoms with Crippen molar-refractivity contribution in [2.75, 3.05) is 18.0 Å². The van der Waals surface area contributed by atoms with Crippen molar-refractivity contribution in [2.45, 2.75) is 56.6 Å². The van der Waals surface area contributed by atoms with Crippen LogP contribution in [0, 0.1) is 6.92 Å². The van der Waals surface area contributed by atoms with E-state index in [4.69, 9.17) is 9.47 Å². The standard InChI is InChI=1S/C29H34N2O5S/c1-5-29(6-2)19-26(25-9-7-8-10-27(25)36-29)30-28(32)20-31(22-13-11-21(3)12-14-22)37(33,34)24-17-15-23(35-4)16-18-24/h7-18,26H,5-6,19-20H2,1-4H3,(H,30,32)/t26-/m0/s1. The first-order valence-corrected chi connectivity index (χ1v) is 14.0. The summed E-state index contributed by atoms with van der Waals surface area (Å²) >= 11 is 0. The highest BCUT2D eigenvalue weighted by molar-refractivity contribution is 7.92. The Bertz CT molecular complexity index is 1330. The van der Waals surface area contributed by atoms with Crippen LogP contribution in [-0.2, 0) is 14.8 Å². The molecule has 1 atom stereocenters. The van der Waals surface area contributed by atoms with Crippen LogP contribution in [0.4, 0.5) is 5.69 Å². The van der Waals surface area contributed by atoms with Gasteiger partial charge in [0.1, 0.15) is 23.6 Å². The summed E-state index contributed by atoms with van der Waals surface area (Å²) in [6.07, 6.45) is 2.20. The van der Waals surface area contributed by atoms with E-state index >= 15 is 0 Å². The van der Waals surface area contributed by atoms with Crippen LogP contribution in [0.1, 0.15) is 50.3 Å². The molecule has 0 spiro atoms. The molecule has 0 radical (unpaired) electrons. The molecule has 0 saturated heterocycles. The molecule has 7 nitrogen and oxygen atoms in total. The molecule has 37 heavy (non-hydrogen) atoms. The Morgan fingerprint density at radius 3 is 2.30 bits per heavy atom. The average molecular weight is 523 g/mol. The monoisotopic (exact) mass is 522 g/mol. The number of hydrogen-bond acceptors (Lipinski definition) is 5. The second kappa shape index (κ2) is 10.8. The van der Waals surface area contributed by atoms with E-state index in [-0.39, 0.29) is 23.4 Å². The zero-order valence-electron chi connectivity index (χ0n) is 21.7. The number of hydrogen-bond donors (Lipinski definition) is 1. The number of aryl methyl sites for hydroxylation is 1. The minimum absolute atomic E-state index is 0.0778. The predicted octanol–water partition coefficient (Wildman–Crippen LogP) is 5.40. The molecule has 3 aromatic carbocycles. The van der Waals surface area contributed by atoms with E-state index in [9.17, 15) is 13.2 Å². The first kappa shape index (κ1) is 26.5. The normalized spacial score (nSPS) is 16.3. The summed E-state index contributed by atoms with van der Waals surface area (Å²) in [5.41, 5.74) is 1.91. The van der Waals surface area contributed by atoms with E-state index in [0.29, 0.717) is 17.9 Å². The molecule has 0 saturated carbocycles. The number of para-hydroxylation sites is 1. The number of fused-ring (bicyclic) bond motifs is 1. The van der Waals surface area contributed by atoms with E-state index in [1.165, 1.54) is 19.2 Å². The van der Waals surface area contributed by atoms with Gasteiger partial charge < -0.3 is 14.8 Å². The molecule has 1 heterocycles. The summed E-state index contributed by atoms with van der Waals surface area (Å²) in [4.78, 5) is 13.5. The third-order valence-electron chi connectivity index (χ3n) is 7.08. The number of benzene rings is 3. The van der Waals surface area contributed by atoms with Crippen molar-refractivity contribution in [3.63, 3.8) is 0 Å². The lowest BCUT2D eigenvalue weighted by Gasteiger charge is -2.41. The van der Waals surface area contributed by atoms with Gasteiger partial charge in [-0.1, -0.05) is 49.7 Å². The van der Waals surface area contributed by atoms with E-state index in [1.807, 2.05) is 43.3 Å². The number of carbonyl (C=O) groups is 1. The SMILES string of the molecule is CCC1(CC)C[C@H](NC(=O)CN(c2ccc(C)cc2)S(=O)(=O)c2ccc(OC)cc2)c2ccccc2O1. The van der Waals surface area contributed by atoms with E-state index < -0.39 is 15.6 Å². The number of nitrogens with zero attached hydrogens (tertiary/aromatic N) is 1. The molecule has 1 aliphatic heterocycles. The number of anilines is 1. The third kappa shape index (κ3) is 5.59. The smallest absolute Gasteiger partial charge is 0.264 e. The lowest BCUT2D eigenvalue weighted by Crippen LogP contribution is -2.47. The number of ether oxygens (including phenoxy) is 2. The maximum Gasteiger partial charge on any atom is 0.264 e. The lowest BCUT2D eigenvalue weighted by molar-refractivity contribution is -0.121. The summed E-state index contributed by atoms with van der Waals surface area (Å²) in [5.74, 6) is 0.913. The number of carbonyl (C=O) groups excluding carboxylic acids is 1. The molecular formula is C29H34N2O5S. The van der Waals surface area contributed by atoms with Crippen molar-refractivity contribution >= 4 is 21.6 Å². The molecule has 196 valence electrons. The third-order valence-corrected chi connectivity index (χ3v) is 8.87. The minimum atomic E-state index is -4.03. The minimum Gasteiger partial charge on any atom is -0.497 e. The highest BCUT2D eigenvalue weighted by Crippen LogP contribution is 2.42. The van der Waals surface area contributed by atoms with Gasteiger partial charge in [-0.3, -0.25) is 9.10 Å². The van der Waals surface area contributed by atoms with Crippen LogP contribution in [-0.4, -0.2) is 33.6 Å². The van der Waals surface area contributed by atoms with Gasteiger partial charge in [-0.2, -0.15) is 0 Å². The Hall–Kier alpha value is -3.52. The number of rotatable bonds is 9. The predicted molar refractivity (Wildman–Crippen MR) is 145 cm³/mol. The van der Waals surface area contributed by atoms with Crippen molar-refractivity contribution in [1.29, 1.82) is 0 Å². The van der Waals surface area contributed by atoms with Gasteiger partial charge >= 0.3 is 0 Å². The molecule has 0 aliphatic carbocycles. The lowest BCUT2D eigenvalue weighted by atomic mass is 9.83. The van der Waals surface area contributed by atoms with Gasteiger partial charge in [0.05, 0.1) is 23.7 Å². The van der Waals surface area contributed by atoms with Gasteiger partial charge in [0, 0.05) is 12.0 Å². The Labute approximate surface area is 219 Å². The molecule has 0 fully saturated rings. The zero-order valence-corrected chi connectivity index (χ0v) is 22.5. The molecule has 0 aromatic heterocycles. The van der Waals surface area contributed by atoms with E-state index in [2.05, 4.69) is 19.2 Å². The Morgan fingerprint density at radius 2 is 1.68 bits per heavy atom.